The first kappa shape index (κ1) is 9.45. The Labute approximate surface area is 90.5 Å². The van der Waals surface area contributed by atoms with Crippen molar-refractivity contribution in [1.29, 1.82) is 0 Å². The number of halogens is 1. The SMILES string of the molecule is CCNc1ncnc2c1c(Br)cn2C. The molecule has 0 amide bonds. The van der Waals surface area contributed by atoms with E-state index in [-0.39, 0.29) is 0 Å². The Morgan fingerprint density at radius 1 is 1.50 bits per heavy atom. The zero-order valence-corrected chi connectivity index (χ0v) is 9.67. The molecule has 0 fully saturated rings. The number of hydrogen-bond acceptors (Lipinski definition) is 3. The Kier molecular flexibility index (Phi) is 2.41. The van der Waals surface area contributed by atoms with Gasteiger partial charge in [0, 0.05) is 24.3 Å². The van der Waals surface area contributed by atoms with Gasteiger partial charge in [-0.15, -0.1) is 0 Å². The minimum atomic E-state index is 0.855. The number of aromatic nitrogens is 3. The summed E-state index contributed by atoms with van der Waals surface area (Å²) >= 11 is 3.50. The molecule has 2 aromatic rings. The first-order valence-corrected chi connectivity index (χ1v) is 5.22. The first-order chi connectivity index (χ1) is 6.74. The highest BCUT2D eigenvalue weighted by atomic mass is 79.9. The van der Waals surface area contributed by atoms with Crippen molar-refractivity contribution in [3.05, 3.63) is 17.0 Å². The van der Waals surface area contributed by atoms with Crippen molar-refractivity contribution in [2.24, 2.45) is 7.05 Å². The molecule has 2 heterocycles. The molecule has 0 saturated carbocycles. The standard InChI is InChI=1S/C9H11BrN4/c1-3-11-8-7-6(10)4-14(2)9(7)13-5-12-8/h4-5H,3H2,1-2H3,(H,11,12,13). The lowest BCUT2D eigenvalue weighted by Crippen LogP contribution is -2.00. The largest absolute Gasteiger partial charge is 0.370 e. The number of fused-ring (bicyclic) bond motifs is 1. The van der Waals surface area contributed by atoms with Crippen molar-refractivity contribution in [2.45, 2.75) is 6.92 Å². The maximum Gasteiger partial charge on any atom is 0.146 e. The van der Waals surface area contributed by atoms with Crippen LogP contribution < -0.4 is 5.32 Å². The van der Waals surface area contributed by atoms with Crippen LogP contribution in [-0.4, -0.2) is 21.1 Å². The summed E-state index contributed by atoms with van der Waals surface area (Å²) in [5.41, 5.74) is 0.933. The summed E-state index contributed by atoms with van der Waals surface area (Å²) in [4.78, 5) is 8.43. The van der Waals surface area contributed by atoms with Gasteiger partial charge in [-0.25, -0.2) is 9.97 Å². The van der Waals surface area contributed by atoms with E-state index in [4.69, 9.17) is 0 Å². The summed E-state index contributed by atoms with van der Waals surface area (Å²) in [6.45, 7) is 2.90. The second-order valence-electron chi connectivity index (χ2n) is 3.04. The van der Waals surface area contributed by atoms with Gasteiger partial charge in [-0.2, -0.15) is 0 Å². The molecule has 1 N–H and O–H groups in total. The highest BCUT2D eigenvalue weighted by Gasteiger charge is 2.10. The van der Waals surface area contributed by atoms with Crippen LogP contribution in [-0.2, 0) is 7.05 Å². The topological polar surface area (TPSA) is 42.7 Å². The molecular weight excluding hydrogens is 244 g/mol. The Balaban J connectivity index is 2.72. The minimum absolute atomic E-state index is 0.855. The fourth-order valence-corrected chi connectivity index (χ4v) is 2.13. The number of rotatable bonds is 2. The monoisotopic (exact) mass is 254 g/mol. The van der Waals surface area contributed by atoms with Gasteiger partial charge >= 0.3 is 0 Å². The third-order valence-corrected chi connectivity index (χ3v) is 2.65. The third-order valence-electron chi connectivity index (χ3n) is 2.05. The summed E-state index contributed by atoms with van der Waals surface area (Å²) < 4.78 is 2.99. The van der Waals surface area contributed by atoms with Crippen LogP contribution in [0.1, 0.15) is 6.92 Å². The normalized spacial score (nSPS) is 10.8. The van der Waals surface area contributed by atoms with E-state index in [9.17, 15) is 0 Å². The molecule has 0 spiro atoms. The fourth-order valence-electron chi connectivity index (χ4n) is 1.46. The van der Waals surface area contributed by atoms with Crippen LogP contribution in [0.5, 0.6) is 0 Å². The fraction of sp³-hybridized carbons (Fsp3) is 0.333. The van der Waals surface area contributed by atoms with Gasteiger partial charge in [0.05, 0.1) is 5.39 Å². The Hall–Kier alpha value is -1.10. The molecule has 2 aromatic heterocycles. The van der Waals surface area contributed by atoms with E-state index in [1.807, 2.05) is 24.7 Å². The van der Waals surface area contributed by atoms with E-state index in [0.717, 1.165) is 27.9 Å². The average molecular weight is 255 g/mol. The molecule has 0 atom stereocenters. The van der Waals surface area contributed by atoms with Crippen molar-refractivity contribution in [3.63, 3.8) is 0 Å². The van der Waals surface area contributed by atoms with Crippen molar-refractivity contribution < 1.29 is 0 Å². The van der Waals surface area contributed by atoms with E-state index in [1.165, 1.54) is 0 Å². The highest BCUT2D eigenvalue weighted by molar-refractivity contribution is 9.10. The van der Waals surface area contributed by atoms with Gasteiger partial charge in [0.2, 0.25) is 0 Å². The number of nitrogens with one attached hydrogen (secondary N) is 1. The van der Waals surface area contributed by atoms with Crippen molar-refractivity contribution in [1.82, 2.24) is 14.5 Å². The van der Waals surface area contributed by atoms with Crippen LogP contribution in [0.4, 0.5) is 5.82 Å². The second-order valence-corrected chi connectivity index (χ2v) is 3.89. The van der Waals surface area contributed by atoms with Gasteiger partial charge in [0.25, 0.3) is 0 Å². The van der Waals surface area contributed by atoms with Gasteiger partial charge in [0.1, 0.15) is 17.8 Å². The molecule has 0 aliphatic rings. The van der Waals surface area contributed by atoms with E-state index >= 15 is 0 Å². The van der Waals surface area contributed by atoms with E-state index in [2.05, 4.69) is 31.2 Å². The molecule has 0 saturated heterocycles. The quantitative estimate of drug-likeness (QED) is 0.894. The van der Waals surface area contributed by atoms with Gasteiger partial charge in [-0.05, 0) is 22.9 Å². The number of hydrogen-bond donors (Lipinski definition) is 1. The van der Waals surface area contributed by atoms with E-state index in [0.29, 0.717) is 0 Å². The maximum atomic E-state index is 4.23. The Morgan fingerprint density at radius 2 is 2.29 bits per heavy atom. The molecule has 0 aromatic carbocycles. The summed E-state index contributed by atoms with van der Waals surface area (Å²) in [7, 11) is 1.97. The zero-order chi connectivity index (χ0) is 10.1. The number of aryl methyl sites for hydroxylation is 1. The van der Waals surface area contributed by atoms with Gasteiger partial charge < -0.3 is 9.88 Å². The molecule has 74 valence electrons. The molecule has 5 heteroatoms. The molecule has 4 nitrogen and oxygen atoms in total. The smallest absolute Gasteiger partial charge is 0.146 e. The predicted octanol–water partition coefficient (Wildman–Crippen LogP) is 2.16. The van der Waals surface area contributed by atoms with Crippen LogP contribution in [0, 0.1) is 0 Å². The van der Waals surface area contributed by atoms with Gasteiger partial charge in [-0.3, -0.25) is 0 Å². The van der Waals surface area contributed by atoms with Crippen molar-refractivity contribution in [2.75, 3.05) is 11.9 Å². The zero-order valence-electron chi connectivity index (χ0n) is 8.08. The lowest BCUT2D eigenvalue weighted by Gasteiger charge is -2.03. The number of anilines is 1. The third kappa shape index (κ3) is 1.37. The molecule has 2 rings (SSSR count). The molecule has 0 aliphatic heterocycles. The second kappa shape index (κ2) is 3.57. The predicted molar refractivity (Wildman–Crippen MR) is 60.4 cm³/mol. The lowest BCUT2D eigenvalue weighted by atomic mass is 10.4. The molecule has 0 bridgehead atoms. The lowest BCUT2D eigenvalue weighted by molar-refractivity contribution is 0.941. The van der Waals surface area contributed by atoms with Crippen molar-refractivity contribution >= 4 is 32.8 Å². The average Bonchev–Trinajstić information content (AvgIpc) is 2.44. The molecule has 0 radical (unpaired) electrons. The first-order valence-electron chi connectivity index (χ1n) is 4.43. The van der Waals surface area contributed by atoms with Crippen LogP contribution in [0.15, 0.2) is 17.0 Å². The molecule has 14 heavy (non-hydrogen) atoms. The van der Waals surface area contributed by atoms with Crippen molar-refractivity contribution in [3.8, 4) is 0 Å². The van der Waals surface area contributed by atoms with E-state index < -0.39 is 0 Å². The summed E-state index contributed by atoms with van der Waals surface area (Å²) in [6, 6.07) is 0. The van der Waals surface area contributed by atoms with Gasteiger partial charge in [0.15, 0.2) is 0 Å². The van der Waals surface area contributed by atoms with Crippen LogP contribution in [0.2, 0.25) is 0 Å². The summed E-state index contributed by atoms with van der Waals surface area (Å²) in [5.74, 6) is 0.880. The Bertz CT molecular complexity index is 463. The number of nitrogens with zero attached hydrogens (tertiary/aromatic N) is 3. The maximum absolute atomic E-state index is 4.23. The minimum Gasteiger partial charge on any atom is -0.370 e. The highest BCUT2D eigenvalue weighted by Crippen LogP contribution is 2.28. The van der Waals surface area contributed by atoms with Gasteiger partial charge in [-0.1, -0.05) is 0 Å². The molecular formula is C9H11BrN4. The van der Waals surface area contributed by atoms with E-state index in [1.54, 1.807) is 6.33 Å². The van der Waals surface area contributed by atoms with Crippen LogP contribution >= 0.6 is 15.9 Å². The molecule has 0 unspecified atom stereocenters. The summed E-state index contributed by atoms with van der Waals surface area (Å²) in [5, 5.41) is 4.25. The van der Waals surface area contributed by atoms with Crippen LogP contribution in [0.25, 0.3) is 11.0 Å². The molecule has 0 aliphatic carbocycles. The Morgan fingerprint density at radius 3 is 3.00 bits per heavy atom. The summed E-state index contributed by atoms with van der Waals surface area (Å²) in [6.07, 6.45) is 3.56. The van der Waals surface area contributed by atoms with Crippen LogP contribution in [0.3, 0.4) is 0 Å².